The lowest BCUT2D eigenvalue weighted by molar-refractivity contribution is 0.465. The molecule has 0 unspecified atom stereocenters. The molecule has 0 saturated heterocycles. The summed E-state index contributed by atoms with van der Waals surface area (Å²) in [6.45, 7) is 0.440. The summed E-state index contributed by atoms with van der Waals surface area (Å²) in [5.41, 5.74) is 7.44. The average molecular weight is 404 g/mol. The van der Waals surface area contributed by atoms with Crippen LogP contribution in [0.1, 0.15) is 5.56 Å². The van der Waals surface area contributed by atoms with E-state index >= 15 is 0 Å². The zero-order valence-electron chi connectivity index (χ0n) is 14.3. The molecule has 27 heavy (non-hydrogen) atoms. The number of hydrogen-bond donors (Lipinski definition) is 2. The molecule has 8 heteroatoms. The van der Waals surface area contributed by atoms with Gasteiger partial charge in [0.15, 0.2) is 0 Å². The molecule has 6 nitrogen and oxygen atoms in total. The molecular formula is C19H18ClN3O3S. The summed E-state index contributed by atoms with van der Waals surface area (Å²) in [5.74, 6) is 0.782. The van der Waals surface area contributed by atoms with Crippen molar-refractivity contribution >= 4 is 21.6 Å². The van der Waals surface area contributed by atoms with Gasteiger partial charge in [0.2, 0.25) is 15.9 Å². The summed E-state index contributed by atoms with van der Waals surface area (Å²) in [6.07, 6.45) is 2.17. The molecule has 3 aromatic rings. The van der Waals surface area contributed by atoms with Crippen molar-refractivity contribution in [2.45, 2.75) is 11.3 Å². The number of primary sulfonamides is 1. The lowest BCUT2D eigenvalue weighted by Gasteiger charge is -2.14. The summed E-state index contributed by atoms with van der Waals surface area (Å²) in [4.78, 5) is 4.25. The van der Waals surface area contributed by atoms with Crippen LogP contribution in [0.15, 0.2) is 65.7 Å². The van der Waals surface area contributed by atoms with Gasteiger partial charge in [-0.3, -0.25) is 0 Å². The van der Waals surface area contributed by atoms with Gasteiger partial charge in [-0.15, -0.1) is 0 Å². The third kappa shape index (κ3) is 4.64. The Bertz CT molecular complexity index is 1050. The Morgan fingerprint density at radius 2 is 1.78 bits per heavy atom. The van der Waals surface area contributed by atoms with Crippen molar-refractivity contribution in [1.82, 2.24) is 4.98 Å². The van der Waals surface area contributed by atoms with Gasteiger partial charge in [0.1, 0.15) is 5.75 Å². The Morgan fingerprint density at radius 1 is 1.04 bits per heavy atom. The molecule has 0 radical (unpaired) electrons. The molecule has 0 saturated carbocycles. The van der Waals surface area contributed by atoms with Crippen LogP contribution in [0.2, 0.25) is 5.02 Å². The molecule has 0 spiro atoms. The number of aromatic nitrogens is 1. The van der Waals surface area contributed by atoms with Gasteiger partial charge in [0.25, 0.3) is 0 Å². The minimum absolute atomic E-state index is 0.00257. The van der Waals surface area contributed by atoms with E-state index in [4.69, 9.17) is 27.2 Å². The van der Waals surface area contributed by atoms with Crippen LogP contribution in [0.25, 0.3) is 11.1 Å². The SMILES string of the molecule is NCCc1ccc(S(N)(=O)=O)c(-c2cccnc2Oc2ccc(Cl)cc2)c1. The van der Waals surface area contributed by atoms with Crippen molar-refractivity contribution < 1.29 is 13.2 Å². The van der Waals surface area contributed by atoms with Crippen LogP contribution >= 0.6 is 11.6 Å². The number of ether oxygens (including phenoxy) is 1. The van der Waals surface area contributed by atoms with E-state index in [0.717, 1.165) is 5.56 Å². The van der Waals surface area contributed by atoms with Crippen LogP contribution in [0.3, 0.4) is 0 Å². The van der Waals surface area contributed by atoms with Gasteiger partial charge in [-0.05, 0) is 67.1 Å². The number of sulfonamides is 1. The first kappa shape index (κ1) is 19.3. The third-order valence-corrected chi connectivity index (χ3v) is 5.09. The average Bonchev–Trinajstić information content (AvgIpc) is 2.63. The van der Waals surface area contributed by atoms with Gasteiger partial charge >= 0.3 is 0 Å². The molecule has 0 aliphatic heterocycles. The normalized spacial score (nSPS) is 11.4. The second-order valence-electron chi connectivity index (χ2n) is 5.83. The molecule has 140 valence electrons. The van der Waals surface area contributed by atoms with Gasteiger partial charge < -0.3 is 10.5 Å². The van der Waals surface area contributed by atoms with Crippen LogP contribution in [-0.4, -0.2) is 19.9 Å². The summed E-state index contributed by atoms with van der Waals surface area (Å²) in [5, 5.41) is 5.99. The van der Waals surface area contributed by atoms with Crippen molar-refractivity contribution in [3.05, 3.63) is 71.4 Å². The fourth-order valence-corrected chi connectivity index (χ4v) is 3.51. The second-order valence-corrected chi connectivity index (χ2v) is 7.79. The number of rotatable bonds is 6. The molecule has 0 aliphatic rings. The number of hydrogen-bond acceptors (Lipinski definition) is 5. The molecule has 1 aromatic heterocycles. The van der Waals surface area contributed by atoms with Gasteiger partial charge in [-0.2, -0.15) is 0 Å². The van der Waals surface area contributed by atoms with E-state index < -0.39 is 10.0 Å². The number of nitrogens with two attached hydrogens (primary N) is 2. The topological polar surface area (TPSA) is 108 Å². The van der Waals surface area contributed by atoms with Crippen molar-refractivity contribution in [3.63, 3.8) is 0 Å². The highest BCUT2D eigenvalue weighted by molar-refractivity contribution is 7.89. The van der Waals surface area contributed by atoms with Crippen molar-refractivity contribution in [1.29, 1.82) is 0 Å². The first-order valence-electron chi connectivity index (χ1n) is 8.13. The van der Waals surface area contributed by atoms with Crippen LogP contribution in [0.5, 0.6) is 11.6 Å². The number of nitrogens with zero attached hydrogens (tertiary/aromatic N) is 1. The zero-order valence-corrected chi connectivity index (χ0v) is 15.9. The fraction of sp³-hybridized carbons (Fsp3) is 0.105. The van der Waals surface area contributed by atoms with Crippen LogP contribution in [0.4, 0.5) is 0 Å². The van der Waals surface area contributed by atoms with E-state index in [1.807, 2.05) is 0 Å². The van der Waals surface area contributed by atoms with Crippen molar-refractivity contribution in [2.75, 3.05) is 6.54 Å². The molecule has 0 atom stereocenters. The van der Waals surface area contributed by atoms with Crippen LogP contribution < -0.4 is 15.6 Å². The van der Waals surface area contributed by atoms with Gasteiger partial charge in [-0.25, -0.2) is 18.5 Å². The quantitative estimate of drug-likeness (QED) is 0.656. The lowest BCUT2D eigenvalue weighted by Crippen LogP contribution is -2.14. The van der Waals surface area contributed by atoms with Crippen LogP contribution in [-0.2, 0) is 16.4 Å². The number of benzene rings is 2. The predicted octanol–water partition coefficient (Wildman–Crippen LogP) is 3.34. The summed E-state index contributed by atoms with van der Waals surface area (Å²) in [7, 11) is -3.94. The molecule has 3 rings (SSSR count). The molecule has 0 amide bonds. The van der Waals surface area contributed by atoms with Crippen molar-refractivity contribution in [2.24, 2.45) is 10.9 Å². The predicted molar refractivity (Wildman–Crippen MR) is 105 cm³/mol. The highest BCUT2D eigenvalue weighted by Gasteiger charge is 2.19. The standard InChI is InChI=1S/C19H18ClN3O3S/c20-14-4-6-15(7-5-14)26-19-16(2-1-11-23-19)17-12-13(9-10-21)3-8-18(17)27(22,24)25/h1-8,11-12H,9-10,21H2,(H2,22,24,25). The second kappa shape index (κ2) is 8.06. The molecule has 2 aromatic carbocycles. The monoisotopic (exact) mass is 403 g/mol. The maximum Gasteiger partial charge on any atom is 0.238 e. The van der Waals surface area contributed by atoms with E-state index in [9.17, 15) is 8.42 Å². The summed E-state index contributed by atoms with van der Waals surface area (Å²) < 4.78 is 30.0. The van der Waals surface area contributed by atoms with E-state index in [1.165, 1.54) is 6.07 Å². The summed E-state index contributed by atoms with van der Waals surface area (Å²) in [6, 6.07) is 15.1. The molecule has 0 fully saturated rings. The molecule has 0 bridgehead atoms. The van der Waals surface area contributed by atoms with Gasteiger partial charge in [-0.1, -0.05) is 17.7 Å². The summed E-state index contributed by atoms with van der Waals surface area (Å²) >= 11 is 5.90. The Kier molecular flexibility index (Phi) is 5.76. The Hall–Kier alpha value is -2.45. The Morgan fingerprint density at radius 3 is 2.44 bits per heavy atom. The highest BCUT2D eigenvalue weighted by Crippen LogP contribution is 2.35. The van der Waals surface area contributed by atoms with Gasteiger partial charge in [0.05, 0.1) is 4.90 Å². The Labute approximate surface area is 162 Å². The first-order valence-corrected chi connectivity index (χ1v) is 10.1. The van der Waals surface area contributed by atoms with E-state index in [-0.39, 0.29) is 10.8 Å². The lowest BCUT2D eigenvalue weighted by atomic mass is 10.0. The number of pyridine rings is 1. The number of halogens is 1. The largest absolute Gasteiger partial charge is 0.438 e. The molecule has 4 N–H and O–H groups in total. The molecule has 1 heterocycles. The van der Waals surface area contributed by atoms with Gasteiger partial charge in [0, 0.05) is 22.3 Å². The zero-order chi connectivity index (χ0) is 19.4. The highest BCUT2D eigenvalue weighted by atomic mass is 35.5. The molecular weight excluding hydrogens is 386 g/mol. The minimum atomic E-state index is -3.94. The maximum absolute atomic E-state index is 12.1. The Balaban J connectivity index is 2.13. The minimum Gasteiger partial charge on any atom is -0.438 e. The third-order valence-electron chi connectivity index (χ3n) is 3.87. The van der Waals surface area contributed by atoms with Crippen LogP contribution in [0, 0.1) is 0 Å². The van der Waals surface area contributed by atoms with E-state index in [2.05, 4.69) is 4.98 Å². The van der Waals surface area contributed by atoms with E-state index in [1.54, 1.807) is 54.7 Å². The van der Waals surface area contributed by atoms with E-state index in [0.29, 0.717) is 34.9 Å². The molecule has 0 aliphatic carbocycles. The maximum atomic E-state index is 12.1. The van der Waals surface area contributed by atoms with Crippen molar-refractivity contribution in [3.8, 4) is 22.8 Å². The first-order chi connectivity index (χ1) is 12.9. The smallest absolute Gasteiger partial charge is 0.238 e. The fourth-order valence-electron chi connectivity index (χ4n) is 2.65.